The molecule has 1 atom stereocenters. The fourth-order valence-electron chi connectivity index (χ4n) is 5.25. The van der Waals surface area contributed by atoms with E-state index in [0.717, 1.165) is 29.7 Å². The lowest BCUT2D eigenvalue weighted by Gasteiger charge is -2.45. The smallest absolute Gasteiger partial charge is 0.255 e. The van der Waals surface area contributed by atoms with Crippen LogP contribution in [0.25, 0.3) is 11.3 Å². The van der Waals surface area contributed by atoms with E-state index in [1.165, 1.54) is 49.4 Å². The van der Waals surface area contributed by atoms with Crippen LogP contribution < -0.4 is 11.3 Å². The van der Waals surface area contributed by atoms with Crippen molar-refractivity contribution >= 4 is 17.7 Å². The van der Waals surface area contributed by atoms with E-state index in [-0.39, 0.29) is 16.7 Å². The molecule has 0 bridgehead atoms. The lowest BCUT2D eigenvalue weighted by molar-refractivity contribution is -0.115. The summed E-state index contributed by atoms with van der Waals surface area (Å²) in [6.45, 7) is 2.21. The second-order valence-electron chi connectivity index (χ2n) is 8.03. The number of hydrogen-bond acceptors (Lipinski definition) is 4. The molecule has 1 heterocycles. The van der Waals surface area contributed by atoms with Gasteiger partial charge in [-0.15, -0.1) is 0 Å². The molecule has 4 rings (SSSR count). The highest BCUT2D eigenvalue weighted by Gasteiger charge is 2.46. The first-order valence-electron chi connectivity index (χ1n) is 10.2. The lowest BCUT2D eigenvalue weighted by atomic mass is 9.58. The van der Waals surface area contributed by atoms with Crippen molar-refractivity contribution < 1.29 is 4.79 Å². The van der Waals surface area contributed by atoms with Gasteiger partial charge >= 0.3 is 0 Å². The number of benzene rings is 1. The molecule has 148 valence electrons. The van der Waals surface area contributed by atoms with E-state index in [1.807, 2.05) is 6.07 Å². The van der Waals surface area contributed by atoms with Gasteiger partial charge < -0.3 is 10.7 Å². The van der Waals surface area contributed by atoms with Crippen molar-refractivity contribution in [3.05, 3.63) is 45.7 Å². The van der Waals surface area contributed by atoms with Crippen molar-refractivity contribution in [1.82, 2.24) is 9.97 Å². The summed E-state index contributed by atoms with van der Waals surface area (Å²) in [6, 6.07) is 8.30. The maximum atomic E-state index is 13.3. The number of fused-ring (bicyclic) bond motifs is 3. The van der Waals surface area contributed by atoms with Crippen LogP contribution in [0, 0.1) is 5.92 Å². The molecule has 0 radical (unpaired) electrons. The van der Waals surface area contributed by atoms with Gasteiger partial charge in [0.2, 0.25) is 5.91 Å². The van der Waals surface area contributed by atoms with Gasteiger partial charge in [-0.2, -0.15) is 0 Å². The summed E-state index contributed by atoms with van der Waals surface area (Å²) < 4.78 is 0. The Labute approximate surface area is 169 Å². The minimum Gasteiger partial charge on any atom is -0.369 e. The van der Waals surface area contributed by atoms with Crippen molar-refractivity contribution in [2.45, 2.75) is 62.4 Å². The van der Waals surface area contributed by atoms with Crippen molar-refractivity contribution in [2.24, 2.45) is 11.7 Å². The van der Waals surface area contributed by atoms with E-state index in [9.17, 15) is 9.59 Å². The average Bonchev–Trinajstić information content (AvgIpc) is 2.72. The Kier molecular flexibility index (Phi) is 5.32. The van der Waals surface area contributed by atoms with Crippen LogP contribution in [0.1, 0.15) is 56.6 Å². The topological polar surface area (TPSA) is 88.8 Å². The van der Waals surface area contributed by atoms with Crippen molar-refractivity contribution in [3.8, 4) is 11.3 Å². The number of H-pyrrole nitrogens is 1. The number of rotatable bonds is 5. The van der Waals surface area contributed by atoms with Crippen LogP contribution in [-0.2, 0) is 16.6 Å². The van der Waals surface area contributed by atoms with Crippen LogP contribution >= 0.6 is 11.8 Å². The van der Waals surface area contributed by atoms with Crippen LogP contribution in [0.3, 0.4) is 0 Å². The summed E-state index contributed by atoms with van der Waals surface area (Å²) in [5.41, 5.74) is 9.01. The monoisotopic (exact) mass is 397 g/mol. The van der Waals surface area contributed by atoms with Crippen molar-refractivity contribution in [2.75, 3.05) is 5.75 Å². The van der Waals surface area contributed by atoms with Crippen molar-refractivity contribution in [1.29, 1.82) is 0 Å². The Balaban J connectivity index is 1.90. The molecule has 0 unspecified atom stereocenters. The van der Waals surface area contributed by atoms with E-state index >= 15 is 0 Å². The van der Waals surface area contributed by atoms with E-state index < -0.39 is 5.91 Å². The zero-order chi connectivity index (χ0) is 19.7. The number of carbonyl (C=O) groups is 1. The summed E-state index contributed by atoms with van der Waals surface area (Å²) >= 11 is 1.19. The SMILES string of the molecule is CC[C@@]1(C2CCCCC2)Cc2ccccc2-c2nc(SCC(N)=O)[nH]c(=O)c21. The normalized spacial score (nSPS) is 21.8. The highest BCUT2D eigenvalue weighted by molar-refractivity contribution is 7.99. The van der Waals surface area contributed by atoms with Gasteiger partial charge in [-0.3, -0.25) is 9.59 Å². The molecule has 6 heteroatoms. The number of primary amides is 1. The molecule has 2 aliphatic carbocycles. The molecule has 0 saturated heterocycles. The van der Waals surface area contributed by atoms with Gasteiger partial charge in [0.05, 0.1) is 17.0 Å². The average molecular weight is 398 g/mol. The fraction of sp³-hybridized carbons (Fsp3) is 0.500. The maximum absolute atomic E-state index is 13.3. The van der Waals surface area contributed by atoms with Crippen LogP contribution in [0.4, 0.5) is 0 Å². The van der Waals surface area contributed by atoms with Gasteiger partial charge in [0, 0.05) is 11.0 Å². The van der Waals surface area contributed by atoms with Crippen molar-refractivity contribution in [3.63, 3.8) is 0 Å². The number of aromatic nitrogens is 2. The molecule has 2 aliphatic rings. The minimum absolute atomic E-state index is 0.0566. The number of nitrogens with two attached hydrogens (primary N) is 1. The molecule has 1 aromatic carbocycles. The predicted octanol–water partition coefficient (Wildman–Crippen LogP) is 3.80. The van der Waals surface area contributed by atoms with E-state index in [0.29, 0.717) is 11.1 Å². The van der Waals surface area contributed by atoms with E-state index in [2.05, 4.69) is 30.1 Å². The third-order valence-electron chi connectivity index (χ3n) is 6.54. The Bertz CT molecular complexity index is 949. The van der Waals surface area contributed by atoms with Crippen LogP contribution in [-0.4, -0.2) is 21.6 Å². The Morgan fingerprint density at radius 2 is 2.04 bits per heavy atom. The third-order valence-corrected chi connectivity index (χ3v) is 7.44. The summed E-state index contributed by atoms with van der Waals surface area (Å²) in [6.07, 6.45) is 7.94. The van der Waals surface area contributed by atoms with Gasteiger partial charge in [0.1, 0.15) is 0 Å². The van der Waals surface area contributed by atoms with Gasteiger partial charge in [-0.1, -0.05) is 62.2 Å². The van der Waals surface area contributed by atoms with Gasteiger partial charge in [0.25, 0.3) is 5.56 Å². The molecule has 3 N–H and O–H groups in total. The maximum Gasteiger partial charge on any atom is 0.255 e. The van der Waals surface area contributed by atoms with Gasteiger partial charge in [0.15, 0.2) is 5.16 Å². The third kappa shape index (κ3) is 3.28. The number of thioether (sulfide) groups is 1. The summed E-state index contributed by atoms with van der Waals surface area (Å²) in [5, 5.41) is 0.466. The Morgan fingerprint density at radius 3 is 2.75 bits per heavy atom. The fourth-order valence-corrected chi connectivity index (χ4v) is 5.84. The first kappa shape index (κ1) is 19.2. The molecule has 2 aromatic rings. The molecule has 1 amide bonds. The molecule has 28 heavy (non-hydrogen) atoms. The molecular weight excluding hydrogens is 370 g/mol. The van der Waals surface area contributed by atoms with E-state index in [4.69, 9.17) is 10.7 Å². The minimum atomic E-state index is -0.420. The van der Waals surface area contributed by atoms with Gasteiger partial charge in [-0.25, -0.2) is 4.98 Å². The van der Waals surface area contributed by atoms with Crippen LogP contribution in [0.5, 0.6) is 0 Å². The molecule has 0 aliphatic heterocycles. The second-order valence-corrected chi connectivity index (χ2v) is 8.99. The van der Waals surface area contributed by atoms with E-state index in [1.54, 1.807) is 0 Å². The Morgan fingerprint density at radius 1 is 1.29 bits per heavy atom. The number of aromatic amines is 1. The standard InChI is InChI=1S/C22H27N3O2S/c1-2-22(15-9-4-3-5-10-15)12-14-8-6-7-11-16(14)19-18(22)20(27)25-21(24-19)28-13-17(23)26/h6-8,11,15H,2-5,9-10,12-13H2,1H3,(H2,23,26)(H,24,25,27)/t22-/m0/s1. The molecule has 1 saturated carbocycles. The first-order valence-corrected chi connectivity index (χ1v) is 11.2. The molecule has 1 fully saturated rings. The number of nitrogens with zero attached hydrogens (tertiary/aromatic N) is 1. The van der Waals surface area contributed by atoms with Gasteiger partial charge in [-0.05, 0) is 37.2 Å². The van der Waals surface area contributed by atoms with Crippen LogP contribution in [0.2, 0.25) is 0 Å². The second kappa shape index (κ2) is 7.74. The largest absolute Gasteiger partial charge is 0.369 e. The molecule has 5 nitrogen and oxygen atoms in total. The lowest BCUT2D eigenvalue weighted by Crippen LogP contribution is -2.45. The number of hydrogen-bond donors (Lipinski definition) is 2. The highest BCUT2D eigenvalue weighted by atomic mass is 32.2. The number of nitrogens with one attached hydrogen (secondary N) is 1. The molecule has 1 aromatic heterocycles. The number of carbonyl (C=O) groups excluding carboxylic acids is 1. The summed E-state index contributed by atoms with van der Waals surface area (Å²) in [4.78, 5) is 32.3. The molecule has 0 spiro atoms. The highest BCUT2D eigenvalue weighted by Crippen LogP contribution is 2.50. The quantitative estimate of drug-likeness (QED) is 0.593. The first-order chi connectivity index (χ1) is 13.5. The predicted molar refractivity (Wildman–Crippen MR) is 112 cm³/mol. The summed E-state index contributed by atoms with van der Waals surface area (Å²) in [7, 11) is 0. The Hall–Kier alpha value is -2.08. The summed E-state index contributed by atoms with van der Waals surface area (Å²) in [5.74, 6) is 0.187. The zero-order valence-corrected chi connectivity index (χ0v) is 17.1. The molecular formula is C22H27N3O2S. The number of amides is 1. The van der Waals surface area contributed by atoms with Crippen LogP contribution in [0.15, 0.2) is 34.2 Å². The zero-order valence-electron chi connectivity index (χ0n) is 16.3.